The predicted molar refractivity (Wildman–Crippen MR) is 179 cm³/mol. The van der Waals surface area contributed by atoms with E-state index >= 15 is 0 Å². The molecule has 5 aliphatic carbocycles. The summed E-state index contributed by atoms with van der Waals surface area (Å²) < 4.78 is 12.0. The lowest BCUT2D eigenvalue weighted by Gasteiger charge is -2.73. The van der Waals surface area contributed by atoms with Crippen LogP contribution in [-0.4, -0.2) is 60.2 Å². The number of Topliss-reactive ketones (excluding diaryl/α,β-unsaturated/α-hetero) is 1. The van der Waals surface area contributed by atoms with Gasteiger partial charge in [0.25, 0.3) is 0 Å². The van der Waals surface area contributed by atoms with Gasteiger partial charge < -0.3 is 9.47 Å². The third kappa shape index (κ3) is 4.27. The topological polar surface area (TPSA) is 76.2 Å². The zero-order chi connectivity index (χ0) is 33.8. The summed E-state index contributed by atoms with van der Waals surface area (Å²) in [6, 6.07) is 0. The molecule has 1 aliphatic heterocycles. The highest BCUT2D eigenvalue weighted by Gasteiger charge is 2.73. The van der Waals surface area contributed by atoms with E-state index in [-0.39, 0.29) is 45.6 Å². The summed E-state index contributed by atoms with van der Waals surface area (Å²) in [5.74, 6) is 1.57. The van der Waals surface area contributed by atoms with E-state index in [0.29, 0.717) is 30.5 Å². The molecule has 0 unspecified atom stereocenters. The van der Waals surface area contributed by atoms with E-state index in [4.69, 9.17) is 9.47 Å². The van der Waals surface area contributed by atoms with Crippen LogP contribution >= 0.6 is 0 Å². The molecule has 0 bridgehead atoms. The predicted octanol–water partition coefficient (Wildman–Crippen LogP) is 8.37. The normalized spacial score (nSPS) is 45.1. The van der Waals surface area contributed by atoms with E-state index < -0.39 is 17.2 Å². The maximum Gasteiger partial charge on any atom is 0.413 e. The van der Waals surface area contributed by atoms with Gasteiger partial charge in [-0.3, -0.25) is 19.4 Å². The second kappa shape index (κ2) is 10.8. The summed E-state index contributed by atoms with van der Waals surface area (Å²) >= 11 is 0. The Hall–Kier alpha value is -1.89. The molecule has 9 atom stereocenters. The Morgan fingerprint density at radius 3 is 2.17 bits per heavy atom. The van der Waals surface area contributed by atoms with Gasteiger partial charge in [0.1, 0.15) is 0 Å². The van der Waals surface area contributed by atoms with Crippen molar-refractivity contribution in [1.29, 1.82) is 0 Å². The van der Waals surface area contributed by atoms with Crippen LogP contribution in [0.4, 0.5) is 4.79 Å². The van der Waals surface area contributed by atoms with E-state index in [9.17, 15) is 14.4 Å². The molecule has 1 saturated heterocycles. The molecule has 46 heavy (non-hydrogen) atoms. The number of hydrogen-bond acceptors (Lipinski definition) is 6. The van der Waals surface area contributed by atoms with Crippen molar-refractivity contribution in [3.8, 4) is 0 Å². The number of carbonyl (C=O) groups is 3. The van der Waals surface area contributed by atoms with Crippen LogP contribution in [0.5, 0.6) is 0 Å². The number of fused-ring (bicyclic) bond motifs is 7. The average Bonchev–Trinajstić information content (AvgIpc) is 3.50. The Morgan fingerprint density at radius 1 is 0.891 bits per heavy atom. The number of carbonyl (C=O) groups excluding carboxylic acids is 3. The zero-order valence-corrected chi connectivity index (χ0v) is 30.8. The highest BCUT2D eigenvalue weighted by molar-refractivity contribution is 6.00. The van der Waals surface area contributed by atoms with Gasteiger partial charge in [0.15, 0.2) is 11.5 Å². The lowest BCUT2D eigenvalue weighted by molar-refractivity contribution is -0.297. The van der Waals surface area contributed by atoms with Crippen molar-refractivity contribution in [2.75, 3.05) is 20.7 Å². The second-order valence-corrected chi connectivity index (χ2v) is 18.3. The number of amides is 1. The van der Waals surface area contributed by atoms with Gasteiger partial charge >= 0.3 is 12.1 Å². The van der Waals surface area contributed by atoms with Gasteiger partial charge in [-0.1, -0.05) is 61.0 Å². The standard InChI is InChI=1S/C39H62N2O5/c1-24(2)31-27(43)23-35(6)18-20-37(8)26(32(31)35)14-15-29-36(7)19-21-39(46-25(3)42,34(4,5)28(36)16-17-38(29,37)9)41(33(44)45-11)30-13-12-22-40(30)10/h24,26,28-30H,12-23H2,1-11H3/t26-,28+,29-,30+,35+,36+,37-,38-,39+/m1/s1. The Balaban J connectivity index is 1.42. The molecule has 0 radical (unpaired) electrons. The number of allylic oxidation sites excluding steroid dienone is 2. The van der Waals surface area contributed by atoms with Gasteiger partial charge in [-0.2, -0.15) is 0 Å². The fourth-order valence-corrected chi connectivity index (χ4v) is 13.5. The first-order valence-corrected chi connectivity index (χ1v) is 18.4. The van der Waals surface area contributed by atoms with E-state index in [0.717, 1.165) is 63.5 Å². The van der Waals surface area contributed by atoms with Gasteiger partial charge in [-0.25, -0.2) is 4.79 Å². The monoisotopic (exact) mass is 638 g/mol. The summed E-state index contributed by atoms with van der Waals surface area (Å²) in [5, 5.41) is 0. The molecule has 7 heteroatoms. The number of methoxy groups -OCH3 is 1. The molecule has 1 heterocycles. The smallest absolute Gasteiger partial charge is 0.413 e. The van der Waals surface area contributed by atoms with Crippen molar-refractivity contribution < 1.29 is 23.9 Å². The first-order valence-electron chi connectivity index (χ1n) is 18.4. The molecule has 6 rings (SSSR count). The van der Waals surface area contributed by atoms with Gasteiger partial charge in [0.2, 0.25) is 0 Å². The van der Waals surface area contributed by atoms with Crippen LogP contribution in [0.2, 0.25) is 0 Å². The molecule has 0 spiro atoms. The molecule has 0 aromatic carbocycles. The van der Waals surface area contributed by atoms with Gasteiger partial charge in [0.05, 0.1) is 13.3 Å². The number of esters is 1. The molecule has 0 N–H and O–H groups in total. The molecule has 6 aliphatic rings. The quantitative estimate of drug-likeness (QED) is 0.228. The molecule has 7 nitrogen and oxygen atoms in total. The van der Waals surface area contributed by atoms with Gasteiger partial charge in [-0.15, -0.1) is 0 Å². The van der Waals surface area contributed by atoms with E-state index in [2.05, 4.69) is 67.3 Å². The third-order valence-electron chi connectivity index (χ3n) is 15.8. The Kier molecular flexibility index (Phi) is 7.98. The molecule has 258 valence electrons. The minimum absolute atomic E-state index is 0.0202. The molecule has 5 fully saturated rings. The summed E-state index contributed by atoms with van der Waals surface area (Å²) in [5.41, 5.74) is 1.40. The van der Waals surface area contributed by atoms with E-state index in [1.54, 1.807) is 0 Å². The Bertz CT molecular complexity index is 1340. The van der Waals surface area contributed by atoms with Gasteiger partial charge in [-0.05, 0) is 122 Å². The number of nitrogens with zero attached hydrogens (tertiary/aromatic N) is 2. The van der Waals surface area contributed by atoms with Crippen LogP contribution in [0.3, 0.4) is 0 Å². The fourth-order valence-electron chi connectivity index (χ4n) is 13.5. The van der Waals surface area contributed by atoms with Crippen LogP contribution in [0, 0.1) is 50.7 Å². The van der Waals surface area contributed by atoms with Crippen LogP contribution in [-0.2, 0) is 19.1 Å². The SMILES string of the molecule is COC(=O)N([C@H]1CCCN1C)[C@]1(OC(C)=O)CC[C@]2(C)[C@H]3CC[C@@H]4C5=C(C(C)C)C(=O)C[C@]5(C)CC[C@@]4(C)[C@]3(C)CC[C@H]2C1(C)C. The highest BCUT2D eigenvalue weighted by Crippen LogP contribution is 2.77. The molecule has 0 aromatic heterocycles. The van der Waals surface area contributed by atoms with Gasteiger partial charge in [0, 0.05) is 25.2 Å². The number of hydrogen-bond donors (Lipinski definition) is 0. The van der Waals surface area contributed by atoms with Crippen LogP contribution < -0.4 is 0 Å². The van der Waals surface area contributed by atoms with Crippen LogP contribution in [0.1, 0.15) is 133 Å². The van der Waals surface area contributed by atoms with Crippen molar-refractivity contribution in [1.82, 2.24) is 9.80 Å². The maximum atomic E-state index is 13.8. The third-order valence-corrected chi connectivity index (χ3v) is 15.8. The molecule has 1 amide bonds. The van der Waals surface area contributed by atoms with Crippen LogP contribution in [0.25, 0.3) is 0 Å². The lowest BCUT2D eigenvalue weighted by Crippen LogP contribution is -2.74. The Labute approximate surface area is 278 Å². The van der Waals surface area contributed by atoms with Crippen molar-refractivity contribution in [3.63, 3.8) is 0 Å². The number of ether oxygens (including phenoxy) is 2. The number of rotatable bonds is 4. The van der Waals surface area contributed by atoms with E-state index in [1.165, 1.54) is 26.0 Å². The number of likely N-dealkylation sites (tertiary alicyclic amines) is 1. The zero-order valence-electron chi connectivity index (χ0n) is 30.8. The van der Waals surface area contributed by atoms with Crippen molar-refractivity contribution in [2.45, 2.75) is 145 Å². The molecule has 4 saturated carbocycles. The first kappa shape index (κ1) is 34.0. The number of ketones is 1. The molecular formula is C39H62N2O5. The summed E-state index contributed by atoms with van der Waals surface area (Å²) in [7, 11) is 3.51. The fraction of sp³-hybridized carbons (Fsp3) is 0.872. The average molecular weight is 639 g/mol. The summed E-state index contributed by atoms with van der Waals surface area (Å²) in [4.78, 5) is 44.4. The van der Waals surface area contributed by atoms with Crippen LogP contribution in [0.15, 0.2) is 11.1 Å². The largest absolute Gasteiger partial charge is 0.453 e. The van der Waals surface area contributed by atoms with Crippen molar-refractivity contribution in [2.24, 2.45) is 50.7 Å². The highest BCUT2D eigenvalue weighted by atomic mass is 16.6. The minimum atomic E-state index is -1.10. The van der Waals surface area contributed by atoms with E-state index in [1.807, 2.05) is 4.90 Å². The maximum absolute atomic E-state index is 13.8. The Morgan fingerprint density at radius 2 is 1.59 bits per heavy atom. The summed E-state index contributed by atoms with van der Waals surface area (Å²) in [6.45, 7) is 21.5. The van der Waals surface area contributed by atoms with Crippen molar-refractivity contribution >= 4 is 17.8 Å². The molecular weight excluding hydrogens is 576 g/mol. The minimum Gasteiger partial charge on any atom is -0.453 e. The summed E-state index contributed by atoms with van der Waals surface area (Å²) in [6.07, 6.45) is 10.2. The second-order valence-electron chi connectivity index (χ2n) is 18.3. The van der Waals surface area contributed by atoms with Crippen molar-refractivity contribution in [3.05, 3.63) is 11.1 Å². The molecule has 0 aromatic rings. The lowest BCUT2D eigenvalue weighted by atomic mass is 9.32. The first-order chi connectivity index (χ1) is 21.3.